The van der Waals surface area contributed by atoms with Crippen molar-refractivity contribution in [2.45, 2.75) is 6.54 Å². The number of hydrogen-bond donors (Lipinski definition) is 1. The lowest BCUT2D eigenvalue weighted by atomic mass is 10.2. The number of rotatable bonds is 4. The summed E-state index contributed by atoms with van der Waals surface area (Å²) in [6.07, 6.45) is 0. The Balaban J connectivity index is 2.05. The summed E-state index contributed by atoms with van der Waals surface area (Å²) < 4.78 is 31.8. The van der Waals surface area contributed by atoms with Gasteiger partial charge >= 0.3 is 0 Å². The highest BCUT2D eigenvalue weighted by molar-refractivity contribution is 9.10. The van der Waals surface area contributed by atoms with Crippen LogP contribution in [0.4, 0.5) is 14.5 Å². The summed E-state index contributed by atoms with van der Waals surface area (Å²) in [4.78, 5) is 0. The Morgan fingerprint density at radius 2 is 1.89 bits per heavy atom. The van der Waals surface area contributed by atoms with E-state index >= 15 is 0 Å². The third-order valence-corrected chi connectivity index (χ3v) is 3.25. The summed E-state index contributed by atoms with van der Waals surface area (Å²) in [5, 5.41) is 3.03. The van der Waals surface area contributed by atoms with Crippen molar-refractivity contribution in [3.8, 4) is 5.75 Å². The summed E-state index contributed by atoms with van der Waals surface area (Å²) in [7, 11) is 1.60. The largest absolute Gasteiger partial charge is 0.496 e. The maximum Gasteiger partial charge on any atom is 0.160 e. The van der Waals surface area contributed by atoms with Gasteiger partial charge in [-0.15, -0.1) is 0 Å². The molecule has 0 saturated heterocycles. The summed E-state index contributed by atoms with van der Waals surface area (Å²) in [6, 6.07) is 9.38. The number of ether oxygens (including phenoxy) is 1. The van der Waals surface area contributed by atoms with Gasteiger partial charge in [0.05, 0.1) is 11.6 Å². The smallest absolute Gasteiger partial charge is 0.160 e. The molecule has 0 aliphatic heterocycles. The predicted molar refractivity (Wildman–Crippen MR) is 74.4 cm³/mol. The van der Waals surface area contributed by atoms with Crippen molar-refractivity contribution in [3.05, 3.63) is 58.1 Å². The Kier molecular flexibility index (Phi) is 4.37. The first-order chi connectivity index (χ1) is 9.10. The minimum atomic E-state index is -0.860. The number of benzene rings is 2. The Bertz CT molecular complexity index is 590. The highest BCUT2D eigenvalue weighted by atomic mass is 79.9. The highest BCUT2D eigenvalue weighted by Gasteiger charge is 2.04. The van der Waals surface area contributed by atoms with Crippen LogP contribution in [0.1, 0.15) is 5.56 Å². The first-order valence-electron chi connectivity index (χ1n) is 5.61. The molecule has 2 aromatic rings. The molecule has 0 aliphatic carbocycles. The Labute approximate surface area is 118 Å². The van der Waals surface area contributed by atoms with Crippen molar-refractivity contribution in [3.63, 3.8) is 0 Å². The molecule has 0 saturated carbocycles. The molecule has 0 bridgehead atoms. The van der Waals surface area contributed by atoms with Crippen LogP contribution in [0.5, 0.6) is 5.75 Å². The average Bonchev–Trinajstić information content (AvgIpc) is 2.40. The standard InChI is InChI=1S/C14H12BrF2NO/c1-19-14-5-2-9(6-11(14)15)8-18-10-3-4-12(16)13(17)7-10/h2-7,18H,8H2,1H3. The van der Waals surface area contributed by atoms with Crippen molar-refractivity contribution in [2.75, 3.05) is 12.4 Å². The predicted octanol–water partition coefficient (Wildman–Crippen LogP) is 4.35. The van der Waals surface area contributed by atoms with Gasteiger partial charge < -0.3 is 10.1 Å². The van der Waals surface area contributed by atoms with Crippen molar-refractivity contribution in [2.24, 2.45) is 0 Å². The Hall–Kier alpha value is -1.62. The molecule has 0 aromatic heterocycles. The third kappa shape index (κ3) is 3.44. The van der Waals surface area contributed by atoms with Crippen molar-refractivity contribution >= 4 is 21.6 Å². The molecule has 0 radical (unpaired) electrons. The van der Waals surface area contributed by atoms with E-state index in [0.717, 1.165) is 27.9 Å². The van der Waals surface area contributed by atoms with Crippen LogP contribution in [0.15, 0.2) is 40.9 Å². The van der Waals surface area contributed by atoms with Crippen LogP contribution >= 0.6 is 15.9 Å². The highest BCUT2D eigenvalue weighted by Crippen LogP contribution is 2.26. The lowest BCUT2D eigenvalue weighted by molar-refractivity contribution is 0.412. The minimum Gasteiger partial charge on any atom is -0.496 e. The number of halogens is 3. The van der Waals surface area contributed by atoms with Crippen LogP contribution in [-0.2, 0) is 6.54 Å². The Morgan fingerprint density at radius 3 is 2.53 bits per heavy atom. The lowest BCUT2D eigenvalue weighted by Gasteiger charge is -2.09. The molecule has 0 aliphatic rings. The van der Waals surface area contributed by atoms with Gasteiger partial charge in [-0.2, -0.15) is 0 Å². The summed E-state index contributed by atoms with van der Waals surface area (Å²) in [5.41, 5.74) is 1.53. The molecule has 2 rings (SSSR count). The van der Waals surface area contributed by atoms with Gasteiger partial charge in [-0.05, 0) is 45.8 Å². The van der Waals surface area contributed by atoms with Crippen LogP contribution in [-0.4, -0.2) is 7.11 Å². The van der Waals surface area contributed by atoms with E-state index in [1.54, 1.807) is 7.11 Å². The van der Waals surface area contributed by atoms with E-state index in [-0.39, 0.29) is 0 Å². The van der Waals surface area contributed by atoms with Gasteiger partial charge in [0.2, 0.25) is 0 Å². The molecule has 100 valence electrons. The zero-order chi connectivity index (χ0) is 13.8. The summed E-state index contributed by atoms with van der Waals surface area (Å²) in [5.74, 6) is -0.963. The third-order valence-electron chi connectivity index (χ3n) is 2.63. The van der Waals surface area contributed by atoms with Gasteiger partial charge in [-0.3, -0.25) is 0 Å². The normalized spacial score (nSPS) is 10.3. The number of anilines is 1. The lowest BCUT2D eigenvalue weighted by Crippen LogP contribution is -2.00. The second kappa shape index (κ2) is 6.02. The SMILES string of the molecule is COc1ccc(CNc2ccc(F)c(F)c2)cc1Br. The second-order valence-electron chi connectivity index (χ2n) is 3.95. The van der Waals surface area contributed by atoms with Crippen molar-refractivity contribution in [1.82, 2.24) is 0 Å². The monoisotopic (exact) mass is 327 g/mol. The van der Waals surface area contributed by atoms with Crippen LogP contribution in [0.3, 0.4) is 0 Å². The van der Waals surface area contributed by atoms with Gasteiger partial charge in [0.1, 0.15) is 5.75 Å². The molecule has 0 amide bonds. The topological polar surface area (TPSA) is 21.3 Å². The molecule has 0 atom stereocenters. The average molecular weight is 328 g/mol. The molecule has 0 spiro atoms. The van der Waals surface area contributed by atoms with Gasteiger partial charge in [0, 0.05) is 18.3 Å². The first-order valence-corrected chi connectivity index (χ1v) is 6.41. The molecule has 2 nitrogen and oxygen atoms in total. The minimum absolute atomic E-state index is 0.508. The Morgan fingerprint density at radius 1 is 1.11 bits per heavy atom. The summed E-state index contributed by atoms with van der Waals surface area (Å²) >= 11 is 3.39. The number of hydrogen-bond acceptors (Lipinski definition) is 2. The van der Waals surface area contributed by atoms with Crippen LogP contribution < -0.4 is 10.1 Å². The zero-order valence-electron chi connectivity index (χ0n) is 10.2. The van der Waals surface area contributed by atoms with Crippen LogP contribution in [0, 0.1) is 11.6 Å². The van der Waals surface area contributed by atoms with Gasteiger partial charge in [0.15, 0.2) is 11.6 Å². The van der Waals surface area contributed by atoms with E-state index in [4.69, 9.17) is 4.74 Å². The van der Waals surface area contributed by atoms with Crippen molar-refractivity contribution < 1.29 is 13.5 Å². The maximum absolute atomic E-state index is 13.0. The molecule has 19 heavy (non-hydrogen) atoms. The van der Waals surface area contributed by atoms with Crippen molar-refractivity contribution in [1.29, 1.82) is 0 Å². The van der Waals surface area contributed by atoms with Gasteiger partial charge in [-0.25, -0.2) is 8.78 Å². The first kappa shape index (κ1) is 13.8. The quantitative estimate of drug-likeness (QED) is 0.901. The van der Waals surface area contributed by atoms with Crippen LogP contribution in [0.25, 0.3) is 0 Å². The van der Waals surface area contributed by atoms with E-state index in [9.17, 15) is 8.78 Å². The van der Waals surface area contributed by atoms with E-state index in [1.165, 1.54) is 6.07 Å². The second-order valence-corrected chi connectivity index (χ2v) is 4.81. The fourth-order valence-corrected chi connectivity index (χ4v) is 2.22. The van der Waals surface area contributed by atoms with E-state index in [1.807, 2.05) is 18.2 Å². The fourth-order valence-electron chi connectivity index (χ4n) is 1.63. The van der Waals surface area contributed by atoms with E-state index in [2.05, 4.69) is 21.2 Å². The number of methoxy groups -OCH3 is 1. The fraction of sp³-hybridized carbons (Fsp3) is 0.143. The molecular weight excluding hydrogens is 316 g/mol. The van der Waals surface area contributed by atoms with Gasteiger partial charge in [0.25, 0.3) is 0 Å². The molecular formula is C14H12BrF2NO. The molecule has 5 heteroatoms. The number of nitrogens with one attached hydrogen (secondary N) is 1. The molecule has 0 unspecified atom stereocenters. The molecule has 0 heterocycles. The van der Waals surface area contributed by atoms with Gasteiger partial charge in [-0.1, -0.05) is 6.07 Å². The molecule has 2 aromatic carbocycles. The van der Waals surface area contributed by atoms with E-state index in [0.29, 0.717) is 12.2 Å². The molecule has 0 fully saturated rings. The molecule has 1 N–H and O–H groups in total. The summed E-state index contributed by atoms with van der Waals surface area (Å²) in [6.45, 7) is 0.508. The van der Waals surface area contributed by atoms with E-state index < -0.39 is 11.6 Å². The zero-order valence-corrected chi connectivity index (χ0v) is 11.8. The maximum atomic E-state index is 13.0. The van der Waals surface area contributed by atoms with Crippen LogP contribution in [0.2, 0.25) is 0 Å².